The molecule has 1 fully saturated rings. The normalized spacial score (nSPS) is 21.7. The number of rotatable bonds is 4. The third-order valence-corrected chi connectivity index (χ3v) is 4.69. The van der Waals surface area contributed by atoms with Gasteiger partial charge in [0.1, 0.15) is 0 Å². The first-order valence-electron chi connectivity index (χ1n) is 7.97. The van der Waals surface area contributed by atoms with Gasteiger partial charge in [-0.05, 0) is 44.7 Å². The van der Waals surface area contributed by atoms with Gasteiger partial charge < -0.3 is 10.4 Å². The second-order valence-electron chi connectivity index (χ2n) is 7.11. The Balaban J connectivity index is 1.75. The minimum Gasteiger partial charge on any atom is -0.394 e. The molecule has 0 saturated heterocycles. The summed E-state index contributed by atoms with van der Waals surface area (Å²) in [6, 6.07) is 5.69. The van der Waals surface area contributed by atoms with Gasteiger partial charge in [0, 0.05) is 17.7 Å². The Morgan fingerprint density at radius 2 is 2.30 bits per heavy atom. The lowest BCUT2D eigenvalue weighted by atomic mass is 10.1. The summed E-state index contributed by atoms with van der Waals surface area (Å²) in [5.41, 5.74) is 1.99. The van der Waals surface area contributed by atoms with Crippen molar-refractivity contribution in [3.8, 4) is 5.82 Å². The fourth-order valence-corrected chi connectivity index (χ4v) is 3.36. The number of amides is 1. The first kappa shape index (κ1) is 14.4. The number of carbonyl (C=O) groups excluding carboxylic acids is 1. The fourth-order valence-electron chi connectivity index (χ4n) is 3.36. The number of aliphatic hydroxyl groups is 1. The van der Waals surface area contributed by atoms with Crippen molar-refractivity contribution in [2.45, 2.75) is 38.1 Å². The van der Waals surface area contributed by atoms with Crippen LogP contribution in [0.3, 0.4) is 0 Å². The SMILES string of the molecule is CC(C)(CO)NC(=O)c1nn(-c2ccccn2)c2c1C[C@H]1C[C@@H]21. The van der Waals surface area contributed by atoms with Crippen molar-refractivity contribution in [2.75, 3.05) is 6.61 Å². The van der Waals surface area contributed by atoms with Gasteiger partial charge in [-0.1, -0.05) is 6.07 Å². The van der Waals surface area contributed by atoms with E-state index in [-0.39, 0.29) is 12.5 Å². The van der Waals surface area contributed by atoms with Crippen molar-refractivity contribution in [3.05, 3.63) is 41.3 Å². The summed E-state index contributed by atoms with van der Waals surface area (Å²) in [6.45, 7) is 3.46. The van der Waals surface area contributed by atoms with Gasteiger partial charge in [-0.3, -0.25) is 4.79 Å². The maximum atomic E-state index is 12.6. The highest BCUT2D eigenvalue weighted by atomic mass is 16.3. The van der Waals surface area contributed by atoms with Gasteiger partial charge in [0.15, 0.2) is 11.5 Å². The molecule has 2 aromatic heterocycles. The van der Waals surface area contributed by atoms with E-state index in [0.717, 1.165) is 23.5 Å². The molecule has 2 aliphatic rings. The molecule has 2 aliphatic carbocycles. The molecule has 120 valence electrons. The number of nitrogens with one attached hydrogen (secondary N) is 1. The molecule has 0 aromatic carbocycles. The number of hydrogen-bond acceptors (Lipinski definition) is 4. The van der Waals surface area contributed by atoms with Gasteiger partial charge in [0.25, 0.3) is 5.91 Å². The third kappa shape index (κ3) is 2.34. The van der Waals surface area contributed by atoms with Gasteiger partial charge in [0.2, 0.25) is 0 Å². The van der Waals surface area contributed by atoms with Crippen molar-refractivity contribution in [1.29, 1.82) is 0 Å². The molecule has 2 N–H and O–H groups in total. The highest BCUT2D eigenvalue weighted by Gasteiger charge is 2.50. The molecule has 6 nitrogen and oxygen atoms in total. The molecular formula is C17H20N4O2. The highest BCUT2D eigenvalue weighted by Crippen LogP contribution is 2.57. The first-order valence-corrected chi connectivity index (χ1v) is 7.97. The molecule has 2 heterocycles. The Kier molecular flexibility index (Phi) is 3.06. The van der Waals surface area contributed by atoms with E-state index in [1.54, 1.807) is 20.0 Å². The number of aliphatic hydroxyl groups excluding tert-OH is 1. The summed E-state index contributed by atoms with van der Waals surface area (Å²) in [6.07, 6.45) is 3.82. The Morgan fingerprint density at radius 1 is 1.48 bits per heavy atom. The molecule has 1 amide bonds. The summed E-state index contributed by atoms with van der Waals surface area (Å²) in [7, 11) is 0. The number of aromatic nitrogens is 3. The zero-order valence-electron chi connectivity index (χ0n) is 13.3. The number of carbonyl (C=O) groups is 1. The predicted molar refractivity (Wildman–Crippen MR) is 84.5 cm³/mol. The van der Waals surface area contributed by atoms with E-state index in [0.29, 0.717) is 17.5 Å². The summed E-state index contributed by atoms with van der Waals surface area (Å²) < 4.78 is 1.83. The molecule has 6 heteroatoms. The van der Waals surface area contributed by atoms with E-state index in [9.17, 15) is 9.90 Å². The van der Waals surface area contributed by atoms with E-state index in [1.807, 2.05) is 22.9 Å². The van der Waals surface area contributed by atoms with E-state index < -0.39 is 5.54 Å². The van der Waals surface area contributed by atoms with Crippen LogP contribution in [0.15, 0.2) is 24.4 Å². The van der Waals surface area contributed by atoms with Crippen LogP contribution in [-0.4, -0.2) is 37.9 Å². The maximum Gasteiger partial charge on any atom is 0.272 e. The minimum absolute atomic E-state index is 0.118. The largest absolute Gasteiger partial charge is 0.394 e. The van der Waals surface area contributed by atoms with Crippen LogP contribution >= 0.6 is 0 Å². The van der Waals surface area contributed by atoms with Crippen molar-refractivity contribution in [2.24, 2.45) is 5.92 Å². The van der Waals surface area contributed by atoms with Crippen molar-refractivity contribution >= 4 is 5.91 Å². The van der Waals surface area contributed by atoms with Crippen LogP contribution in [0.5, 0.6) is 0 Å². The zero-order chi connectivity index (χ0) is 16.2. The van der Waals surface area contributed by atoms with Gasteiger partial charge in [-0.25, -0.2) is 9.67 Å². The molecule has 4 rings (SSSR count). The molecule has 2 atom stereocenters. The van der Waals surface area contributed by atoms with Crippen LogP contribution in [0.2, 0.25) is 0 Å². The molecule has 0 radical (unpaired) electrons. The smallest absolute Gasteiger partial charge is 0.272 e. The number of pyridine rings is 1. The Hall–Kier alpha value is -2.21. The van der Waals surface area contributed by atoms with Crippen LogP contribution in [0.4, 0.5) is 0 Å². The van der Waals surface area contributed by atoms with E-state index >= 15 is 0 Å². The molecule has 1 saturated carbocycles. The van der Waals surface area contributed by atoms with E-state index in [1.165, 1.54) is 6.42 Å². The molecule has 0 aliphatic heterocycles. The van der Waals surface area contributed by atoms with Crippen LogP contribution < -0.4 is 5.32 Å². The lowest BCUT2D eigenvalue weighted by molar-refractivity contribution is 0.0863. The molecule has 23 heavy (non-hydrogen) atoms. The minimum atomic E-state index is -0.666. The van der Waals surface area contributed by atoms with Crippen molar-refractivity contribution < 1.29 is 9.90 Å². The summed E-state index contributed by atoms with van der Waals surface area (Å²) in [5.74, 6) is 1.68. The molecule has 0 spiro atoms. The topological polar surface area (TPSA) is 80.0 Å². The quantitative estimate of drug-likeness (QED) is 0.895. The zero-order valence-corrected chi connectivity index (χ0v) is 13.3. The monoisotopic (exact) mass is 312 g/mol. The fraction of sp³-hybridized carbons (Fsp3) is 0.471. The maximum absolute atomic E-state index is 12.6. The summed E-state index contributed by atoms with van der Waals surface area (Å²) >= 11 is 0. The number of fused-ring (bicyclic) bond motifs is 3. The van der Waals surface area contributed by atoms with Gasteiger partial charge in [-0.2, -0.15) is 5.10 Å². The average molecular weight is 312 g/mol. The third-order valence-electron chi connectivity index (χ3n) is 4.69. The van der Waals surface area contributed by atoms with Crippen molar-refractivity contribution in [3.63, 3.8) is 0 Å². The summed E-state index contributed by atoms with van der Waals surface area (Å²) in [4.78, 5) is 17.0. The van der Waals surface area contributed by atoms with Gasteiger partial charge in [0.05, 0.1) is 17.8 Å². The highest BCUT2D eigenvalue weighted by molar-refractivity contribution is 5.95. The Morgan fingerprint density at radius 3 is 3.00 bits per heavy atom. The van der Waals surface area contributed by atoms with Crippen LogP contribution in [0.25, 0.3) is 5.82 Å². The number of hydrogen-bond donors (Lipinski definition) is 2. The molecular weight excluding hydrogens is 292 g/mol. The van der Waals surface area contributed by atoms with Crippen molar-refractivity contribution in [1.82, 2.24) is 20.1 Å². The second-order valence-corrected chi connectivity index (χ2v) is 7.11. The van der Waals surface area contributed by atoms with E-state index in [2.05, 4.69) is 15.4 Å². The molecule has 0 bridgehead atoms. The average Bonchev–Trinajstić information content (AvgIpc) is 3.04. The lowest BCUT2D eigenvalue weighted by Crippen LogP contribution is -2.46. The van der Waals surface area contributed by atoms with Crippen LogP contribution in [-0.2, 0) is 6.42 Å². The Bertz CT molecular complexity index is 766. The first-order chi connectivity index (χ1) is 11.0. The molecule has 2 aromatic rings. The second kappa shape index (κ2) is 4.89. The van der Waals surface area contributed by atoms with Crippen LogP contribution in [0, 0.1) is 5.92 Å². The standard InChI is InChI=1S/C17H20N4O2/c1-17(2,9-22)19-16(23)14-12-8-10-7-11(10)15(12)21(20-14)13-5-3-4-6-18-13/h3-6,10-11,22H,7-9H2,1-2H3,(H,19,23)/t10-,11-/m1/s1. The van der Waals surface area contributed by atoms with Crippen LogP contribution in [0.1, 0.15) is 47.9 Å². The van der Waals surface area contributed by atoms with Gasteiger partial charge >= 0.3 is 0 Å². The van der Waals surface area contributed by atoms with Gasteiger partial charge in [-0.15, -0.1) is 0 Å². The van der Waals surface area contributed by atoms with E-state index in [4.69, 9.17) is 0 Å². The lowest BCUT2D eigenvalue weighted by Gasteiger charge is -2.23. The Labute approximate surface area is 134 Å². The molecule has 0 unspecified atom stereocenters. The number of nitrogens with zero attached hydrogens (tertiary/aromatic N) is 3. The predicted octanol–water partition coefficient (Wildman–Crippen LogP) is 1.43. The summed E-state index contributed by atoms with van der Waals surface area (Å²) in [5, 5.41) is 16.8.